The van der Waals surface area contributed by atoms with Gasteiger partial charge in [-0.05, 0) is 81.3 Å². The summed E-state index contributed by atoms with van der Waals surface area (Å²) in [5, 5.41) is 10.2. The Morgan fingerprint density at radius 1 is 1.07 bits per heavy atom. The molecule has 1 aliphatic heterocycles. The second-order valence-electron chi connectivity index (χ2n) is 12.4. The zero-order valence-corrected chi connectivity index (χ0v) is 24.5. The van der Waals surface area contributed by atoms with Gasteiger partial charge in [0.05, 0.1) is 17.9 Å². The Balaban J connectivity index is 1.67. The predicted octanol–water partition coefficient (Wildman–Crippen LogP) is 7.38. The number of nitrogens with zero attached hydrogens (tertiary/aromatic N) is 2. The Hall–Kier alpha value is -3.45. The number of aromatic nitrogens is 1. The monoisotopic (exact) mass is 548 g/mol. The molecule has 3 aromatic rings. The van der Waals surface area contributed by atoms with Gasteiger partial charge in [-0.3, -0.25) is 4.98 Å². The van der Waals surface area contributed by atoms with Crippen LogP contribution in [0.1, 0.15) is 70.4 Å². The minimum absolute atomic E-state index is 0.236. The van der Waals surface area contributed by atoms with Crippen molar-refractivity contribution >= 4 is 11.7 Å². The molecule has 1 fully saturated rings. The van der Waals surface area contributed by atoms with Gasteiger partial charge < -0.3 is 19.5 Å². The van der Waals surface area contributed by atoms with E-state index in [4.69, 9.17) is 9.47 Å². The fourth-order valence-corrected chi connectivity index (χ4v) is 5.08. The number of ether oxygens (including phenoxy) is 2. The molecule has 2 heterocycles. The minimum atomic E-state index is -1.15. The Kier molecular flexibility index (Phi) is 8.83. The van der Waals surface area contributed by atoms with Crippen LogP contribution in [0, 0.1) is 18.2 Å². The Labute approximate surface area is 237 Å². The van der Waals surface area contributed by atoms with E-state index in [1.807, 2.05) is 52.0 Å². The van der Waals surface area contributed by atoms with Crippen molar-refractivity contribution in [2.24, 2.45) is 5.41 Å². The van der Waals surface area contributed by atoms with Crippen LogP contribution in [0.25, 0.3) is 11.1 Å². The summed E-state index contributed by atoms with van der Waals surface area (Å²) in [7, 11) is 0. The van der Waals surface area contributed by atoms with Gasteiger partial charge in [-0.15, -0.1) is 0 Å². The minimum Gasteiger partial charge on any atom is -0.493 e. The Morgan fingerprint density at radius 2 is 1.70 bits per heavy atom. The number of halogens is 1. The van der Waals surface area contributed by atoms with Crippen molar-refractivity contribution in [1.82, 2.24) is 4.98 Å². The molecule has 1 unspecified atom stereocenters. The number of piperidine rings is 1. The first-order valence-electron chi connectivity index (χ1n) is 14.0. The van der Waals surface area contributed by atoms with Crippen LogP contribution in [0.15, 0.2) is 54.7 Å². The van der Waals surface area contributed by atoms with Gasteiger partial charge in [0.2, 0.25) is 0 Å². The summed E-state index contributed by atoms with van der Waals surface area (Å²) in [4.78, 5) is 19.5. The summed E-state index contributed by atoms with van der Waals surface area (Å²) in [6.45, 7) is 14.2. The van der Waals surface area contributed by atoms with E-state index in [1.165, 1.54) is 12.1 Å². The highest BCUT2D eigenvalue weighted by molar-refractivity contribution is 5.87. The van der Waals surface area contributed by atoms with Crippen LogP contribution in [0.2, 0.25) is 0 Å². The van der Waals surface area contributed by atoms with Crippen molar-refractivity contribution in [2.75, 3.05) is 24.6 Å². The van der Waals surface area contributed by atoms with Crippen LogP contribution in [0.4, 0.5) is 10.1 Å². The number of hydrogen-bond donors (Lipinski definition) is 1. The zero-order valence-electron chi connectivity index (χ0n) is 24.5. The predicted molar refractivity (Wildman–Crippen MR) is 156 cm³/mol. The van der Waals surface area contributed by atoms with Crippen LogP contribution < -0.4 is 9.64 Å². The molecular formula is C33H41FN2O4. The molecule has 0 bridgehead atoms. The molecule has 1 aromatic heterocycles. The van der Waals surface area contributed by atoms with Crippen molar-refractivity contribution in [2.45, 2.75) is 72.5 Å². The van der Waals surface area contributed by atoms with Crippen LogP contribution in [-0.2, 0) is 16.0 Å². The molecule has 1 aliphatic rings. The maximum atomic E-state index is 13.2. The number of rotatable bonds is 9. The van der Waals surface area contributed by atoms with E-state index in [0.29, 0.717) is 18.6 Å². The molecule has 0 aliphatic carbocycles. The van der Waals surface area contributed by atoms with Gasteiger partial charge in [0.1, 0.15) is 11.6 Å². The quantitative estimate of drug-likeness (QED) is 0.301. The lowest BCUT2D eigenvalue weighted by Crippen LogP contribution is -2.39. The van der Waals surface area contributed by atoms with E-state index in [1.54, 1.807) is 18.3 Å². The highest BCUT2D eigenvalue weighted by Gasteiger charge is 2.35. The number of carboxylic acids is 1. The van der Waals surface area contributed by atoms with Gasteiger partial charge in [0, 0.05) is 42.5 Å². The van der Waals surface area contributed by atoms with Crippen molar-refractivity contribution in [1.29, 1.82) is 0 Å². The molecule has 1 saturated heterocycles. The topological polar surface area (TPSA) is 71.9 Å². The van der Waals surface area contributed by atoms with E-state index < -0.39 is 17.7 Å². The molecule has 0 radical (unpaired) electrons. The third-order valence-corrected chi connectivity index (χ3v) is 7.40. The van der Waals surface area contributed by atoms with Gasteiger partial charge in [-0.1, -0.05) is 38.1 Å². The zero-order chi connectivity index (χ0) is 29.1. The second-order valence-corrected chi connectivity index (χ2v) is 12.4. The van der Waals surface area contributed by atoms with Gasteiger partial charge in [0.25, 0.3) is 0 Å². The number of anilines is 1. The van der Waals surface area contributed by atoms with E-state index in [0.717, 1.165) is 59.8 Å². The summed E-state index contributed by atoms with van der Waals surface area (Å²) in [5.41, 5.74) is 4.73. The van der Waals surface area contributed by atoms with Crippen LogP contribution in [-0.4, -0.2) is 41.4 Å². The molecule has 1 N–H and O–H groups in total. The fraction of sp³-hybridized carbons (Fsp3) is 0.455. The standard InChI is InChI=1S/C33H41FN2O4/c1-22-28(24-9-13-26(14-10-24)39-20-15-23-7-11-25(34)12-8-23)29(36-18-16-33(5,6)17-19-36)27(21-35-22)30(31(37)38)40-32(2,3)4/h7-14,21,30H,15-20H2,1-6H3,(H,37,38). The number of carboxylic acid groups (broad SMARTS) is 1. The van der Waals surface area contributed by atoms with E-state index in [-0.39, 0.29) is 11.2 Å². The molecule has 1 atom stereocenters. The van der Waals surface area contributed by atoms with Gasteiger partial charge in [0.15, 0.2) is 6.10 Å². The van der Waals surface area contributed by atoms with Crippen LogP contribution in [0.3, 0.4) is 0 Å². The normalized spacial score (nSPS) is 16.0. The summed E-state index contributed by atoms with van der Waals surface area (Å²) in [6, 6.07) is 14.3. The number of pyridine rings is 1. The first kappa shape index (κ1) is 29.5. The second kappa shape index (κ2) is 12.0. The van der Waals surface area contributed by atoms with E-state index in [9.17, 15) is 14.3 Å². The first-order chi connectivity index (χ1) is 18.8. The summed E-state index contributed by atoms with van der Waals surface area (Å²) in [6.07, 6.45) is 3.21. The van der Waals surface area contributed by atoms with Crippen LogP contribution in [0.5, 0.6) is 5.75 Å². The van der Waals surface area contributed by atoms with Gasteiger partial charge in [-0.25, -0.2) is 9.18 Å². The lowest BCUT2D eigenvalue weighted by atomic mass is 9.82. The molecule has 40 heavy (non-hydrogen) atoms. The smallest absolute Gasteiger partial charge is 0.337 e. The number of aryl methyl sites for hydroxylation is 1. The molecule has 2 aromatic carbocycles. The molecule has 0 saturated carbocycles. The van der Waals surface area contributed by atoms with Crippen molar-refractivity contribution in [3.63, 3.8) is 0 Å². The molecule has 4 rings (SSSR count). The largest absolute Gasteiger partial charge is 0.493 e. The van der Waals surface area contributed by atoms with E-state index >= 15 is 0 Å². The Morgan fingerprint density at radius 3 is 2.27 bits per heavy atom. The van der Waals surface area contributed by atoms with E-state index in [2.05, 4.69) is 23.7 Å². The SMILES string of the molecule is Cc1ncc(C(OC(C)(C)C)C(=O)O)c(N2CCC(C)(C)CC2)c1-c1ccc(OCCc2ccc(F)cc2)cc1. The molecule has 214 valence electrons. The highest BCUT2D eigenvalue weighted by Crippen LogP contribution is 2.43. The lowest BCUT2D eigenvalue weighted by Gasteiger charge is -2.40. The summed E-state index contributed by atoms with van der Waals surface area (Å²) in [5.74, 6) is -0.551. The number of aliphatic carboxylic acids is 1. The molecule has 0 spiro atoms. The van der Waals surface area contributed by atoms with Crippen LogP contribution >= 0.6 is 0 Å². The number of benzene rings is 2. The maximum Gasteiger partial charge on any atom is 0.337 e. The molecule has 0 amide bonds. The lowest BCUT2D eigenvalue weighted by molar-refractivity contribution is -0.160. The molecule has 6 nitrogen and oxygen atoms in total. The molecular weight excluding hydrogens is 507 g/mol. The van der Waals surface area contributed by atoms with Crippen molar-refractivity contribution in [3.05, 3.63) is 77.4 Å². The maximum absolute atomic E-state index is 13.2. The number of carbonyl (C=O) groups is 1. The summed E-state index contributed by atoms with van der Waals surface area (Å²) < 4.78 is 25.2. The fourth-order valence-electron chi connectivity index (χ4n) is 5.08. The molecule has 7 heteroatoms. The number of hydrogen-bond acceptors (Lipinski definition) is 5. The summed E-state index contributed by atoms with van der Waals surface area (Å²) >= 11 is 0. The third-order valence-electron chi connectivity index (χ3n) is 7.40. The van der Waals surface area contributed by atoms with Crippen molar-refractivity contribution < 1.29 is 23.8 Å². The van der Waals surface area contributed by atoms with Gasteiger partial charge in [-0.2, -0.15) is 0 Å². The Bertz CT molecular complexity index is 1300. The third kappa shape index (κ3) is 7.39. The van der Waals surface area contributed by atoms with Crippen molar-refractivity contribution in [3.8, 4) is 16.9 Å². The average Bonchev–Trinajstić information content (AvgIpc) is 2.88. The average molecular weight is 549 g/mol. The highest BCUT2D eigenvalue weighted by atomic mass is 19.1. The van der Waals surface area contributed by atoms with Gasteiger partial charge >= 0.3 is 5.97 Å². The first-order valence-corrected chi connectivity index (χ1v) is 14.0.